The molecular formula is C19H29F3IN5O3. The van der Waals surface area contributed by atoms with Crippen LogP contribution in [0.3, 0.4) is 0 Å². The lowest BCUT2D eigenvalue weighted by Crippen LogP contribution is -2.50. The number of ether oxygens (including phenoxy) is 2. The minimum atomic E-state index is -4.73. The Morgan fingerprint density at radius 2 is 1.71 bits per heavy atom. The van der Waals surface area contributed by atoms with Crippen LogP contribution in [0.5, 0.6) is 5.75 Å². The Hall–Kier alpha value is -1.96. The van der Waals surface area contributed by atoms with Crippen LogP contribution in [0.4, 0.5) is 23.7 Å². The van der Waals surface area contributed by atoms with Crippen molar-refractivity contribution in [2.75, 3.05) is 44.6 Å². The molecule has 31 heavy (non-hydrogen) atoms. The van der Waals surface area contributed by atoms with E-state index in [-0.39, 0.29) is 41.8 Å². The fourth-order valence-corrected chi connectivity index (χ4v) is 2.72. The molecule has 1 saturated heterocycles. The van der Waals surface area contributed by atoms with Gasteiger partial charge in [-0.25, -0.2) is 4.79 Å². The average Bonchev–Trinajstić information content (AvgIpc) is 2.61. The fraction of sp³-hybridized carbons (Fsp3) is 0.579. The Morgan fingerprint density at radius 3 is 2.23 bits per heavy atom. The highest BCUT2D eigenvalue weighted by molar-refractivity contribution is 14.0. The molecule has 0 atom stereocenters. The zero-order valence-corrected chi connectivity index (χ0v) is 20.1. The number of nitrogens with one attached hydrogen (secondary N) is 1. The van der Waals surface area contributed by atoms with E-state index in [0.29, 0.717) is 45.0 Å². The lowest BCUT2D eigenvalue weighted by molar-refractivity contribution is -0.274. The van der Waals surface area contributed by atoms with Gasteiger partial charge in [-0.2, -0.15) is 0 Å². The van der Waals surface area contributed by atoms with Crippen LogP contribution in [0.25, 0.3) is 0 Å². The van der Waals surface area contributed by atoms with Crippen LogP contribution in [0.15, 0.2) is 29.3 Å². The summed E-state index contributed by atoms with van der Waals surface area (Å²) in [5, 5.41) is 2.82. The molecule has 8 nitrogen and oxygen atoms in total. The summed E-state index contributed by atoms with van der Waals surface area (Å²) < 4.78 is 45.7. The Morgan fingerprint density at radius 1 is 1.13 bits per heavy atom. The predicted octanol–water partition coefficient (Wildman–Crippen LogP) is 3.48. The van der Waals surface area contributed by atoms with E-state index in [1.54, 1.807) is 4.90 Å². The van der Waals surface area contributed by atoms with Crippen molar-refractivity contribution < 1.29 is 27.4 Å². The Bertz CT molecular complexity index is 731. The number of rotatable bonds is 5. The number of benzene rings is 1. The van der Waals surface area contributed by atoms with Crippen molar-refractivity contribution in [3.8, 4) is 5.75 Å². The first-order valence-corrected chi connectivity index (χ1v) is 9.54. The van der Waals surface area contributed by atoms with E-state index >= 15 is 0 Å². The third-order valence-corrected chi connectivity index (χ3v) is 4.08. The maximum absolute atomic E-state index is 12.2. The number of nitrogens with zero attached hydrogens (tertiary/aromatic N) is 3. The summed E-state index contributed by atoms with van der Waals surface area (Å²) in [5.74, 6) is -0.152. The highest BCUT2D eigenvalue weighted by atomic mass is 127. The monoisotopic (exact) mass is 559 g/mol. The van der Waals surface area contributed by atoms with Crippen molar-refractivity contribution in [2.24, 2.45) is 10.7 Å². The molecule has 0 unspecified atom stereocenters. The molecule has 0 radical (unpaired) electrons. The van der Waals surface area contributed by atoms with Crippen molar-refractivity contribution in [3.05, 3.63) is 24.3 Å². The number of halogens is 4. The van der Waals surface area contributed by atoms with Crippen molar-refractivity contribution >= 4 is 41.7 Å². The molecule has 0 aliphatic carbocycles. The molecule has 3 N–H and O–H groups in total. The minimum absolute atomic E-state index is 0. The molecule has 1 aliphatic heterocycles. The van der Waals surface area contributed by atoms with Crippen molar-refractivity contribution in [3.63, 3.8) is 0 Å². The average molecular weight is 559 g/mol. The van der Waals surface area contributed by atoms with Gasteiger partial charge in [-0.05, 0) is 45.0 Å². The van der Waals surface area contributed by atoms with Crippen molar-refractivity contribution in [1.29, 1.82) is 0 Å². The topological polar surface area (TPSA) is 92.4 Å². The van der Waals surface area contributed by atoms with Gasteiger partial charge in [0.05, 0.1) is 6.54 Å². The lowest BCUT2D eigenvalue weighted by atomic mass is 10.2. The molecule has 176 valence electrons. The first kappa shape index (κ1) is 27.1. The van der Waals surface area contributed by atoms with Crippen molar-refractivity contribution in [1.82, 2.24) is 9.80 Å². The number of guanidine groups is 1. The number of anilines is 1. The second kappa shape index (κ2) is 11.6. The predicted molar refractivity (Wildman–Crippen MR) is 123 cm³/mol. The van der Waals surface area contributed by atoms with E-state index in [0.717, 1.165) is 0 Å². The number of carbonyl (C=O) groups is 1. The summed E-state index contributed by atoms with van der Waals surface area (Å²) in [6, 6.07) is 5.21. The van der Waals surface area contributed by atoms with Gasteiger partial charge in [0.25, 0.3) is 0 Å². The van der Waals surface area contributed by atoms with Crippen LogP contribution >= 0.6 is 24.0 Å². The van der Waals surface area contributed by atoms with Gasteiger partial charge >= 0.3 is 12.5 Å². The summed E-state index contributed by atoms with van der Waals surface area (Å²) in [5.41, 5.74) is 5.80. The zero-order valence-electron chi connectivity index (χ0n) is 17.7. The molecule has 0 aromatic heterocycles. The Labute approximate surface area is 197 Å². The van der Waals surface area contributed by atoms with Gasteiger partial charge in [0.1, 0.15) is 11.4 Å². The quantitative estimate of drug-likeness (QED) is 0.326. The maximum Gasteiger partial charge on any atom is 0.573 e. The van der Waals surface area contributed by atoms with Crippen LogP contribution in [0.1, 0.15) is 20.8 Å². The van der Waals surface area contributed by atoms with Gasteiger partial charge in [0.15, 0.2) is 5.96 Å². The summed E-state index contributed by atoms with van der Waals surface area (Å²) in [6.45, 7) is 9.21. The third kappa shape index (κ3) is 10.8. The normalized spacial score (nSPS) is 15.8. The first-order valence-electron chi connectivity index (χ1n) is 9.54. The molecule has 0 spiro atoms. The number of piperazine rings is 1. The Kier molecular flexibility index (Phi) is 10.1. The highest BCUT2D eigenvalue weighted by Crippen LogP contribution is 2.23. The van der Waals surface area contributed by atoms with Gasteiger partial charge in [-0.3, -0.25) is 9.89 Å². The van der Waals surface area contributed by atoms with Gasteiger partial charge in [-0.1, -0.05) is 0 Å². The number of carbonyl (C=O) groups excluding carboxylic acids is 1. The summed E-state index contributed by atoms with van der Waals surface area (Å²) in [4.78, 5) is 20.1. The SMILES string of the molecule is CC(C)(C)OC(=O)N1CCN(CCN=C(N)Nc2ccc(OC(F)(F)F)cc2)CC1.I. The maximum atomic E-state index is 12.2. The highest BCUT2D eigenvalue weighted by Gasteiger charge is 2.31. The summed E-state index contributed by atoms with van der Waals surface area (Å²) in [6.07, 6.45) is -5.03. The number of hydrogen-bond donors (Lipinski definition) is 2. The van der Waals surface area contributed by atoms with Gasteiger partial charge in [-0.15, -0.1) is 37.1 Å². The van der Waals surface area contributed by atoms with Gasteiger partial charge < -0.3 is 25.4 Å². The van der Waals surface area contributed by atoms with Gasteiger partial charge in [0.2, 0.25) is 0 Å². The van der Waals surface area contributed by atoms with E-state index < -0.39 is 12.0 Å². The molecule has 1 aromatic carbocycles. The summed E-state index contributed by atoms with van der Waals surface area (Å²) >= 11 is 0. The third-order valence-electron chi connectivity index (χ3n) is 4.08. The number of hydrogen-bond acceptors (Lipinski definition) is 5. The Balaban J connectivity index is 0.00000480. The lowest BCUT2D eigenvalue weighted by Gasteiger charge is -2.35. The first-order chi connectivity index (χ1) is 13.9. The number of amides is 1. The van der Waals surface area contributed by atoms with E-state index in [4.69, 9.17) is 10.5 Å². The summed E-state index contributed by atoms with van der Waals surface area (Å²) in [7, 11) is 0. The van der Waals surface area contributed by atoms with Crippen LogP contribution in [-0.2, 0) is 4.74 Å². The molecule has 1 aromatic rings. The van der Waals surface area contributed by atoms with E-state index in [2.05, 4.69) is 19.9 Å². The molecule has 0 saturated carbocycles. The van der Waals surface area contributed by atoms with Crippen molar-refractivity contribution in [2.45, 2.75) is 32.7 Å². The van der Waals surface area contributed by atoms with Crippen LogP contribution in [0, 0.1) is 0 Å². The zero-order chi connectivity index (χ0) is 22.4. The van der Waals surface area contributed by atoms with E-state index in [9.17, 15) is 18.0 Å². The molecule has 0 bridgehead atoms. The largest absolute Gasteiger partial charge is 0.573 e. The van der Waals surface area contributed by atoms with Crippen LogP contribution in [-0.4, -0.2) is 73.1 Å². The van der Waals surface area contributed by atoms with Crippen LogP contribution < -0.4 is 15.8 Å². The number of nitrogens with two attached hydrogens (primary N) is 1. The molecule has 1 fully saturated rings. The number of alkyl halides is 3. The molecule has 12 heteroatoms. The van der Waals surface area contributed by atoms with E-state index in [1.807, 2.05) is 20.8 Å². The smallest absolute Gasteiger partial charge is 0.444 e. The molecular weight excluding hydrogens is 530 g/mol. The second-order valence-corrected chi connectivity index (χ2v) is 7.77. The number of aliphatic imine (C=N–C) groups is 1. The minimum Gasteiger partial charge on any atom is -0.444 e. The molecule has 2 rings (SSSR count). The molecule has 1 aliphatic rings. The molecule has 1 amide bonds. The molecule has 1 heterocycles. The van der Waals surface area contributed by atoms with Gasteiger partial charge in [0, 0.05) is 38.4 Å². The second-order valence-electron chi connectivity index (χ2n) is 7.77. The van der Waals surface area contributed by atoms with E-state index in [1.165, 1.54) is 24.3 Å². The fourth-order valence-electron chi connectivity index (χ4n) is 2.72. The standard InChI is InChI=1S/C19H28F3N5O3.HI/c1-18(2,3)30-17(28)27-12-10-26(11-13-27)9-8-24-16(23)25-14-4-6-15(7-5-14)29-19(20,21)22;/h4-7H,8-13H2,1-3H3,(H3,23,24,25);1H. The van der Waals surface area contributed by atoms with Crippen LogP contribution in [0.2, 0.25) is 0 Å².